The maximum atomic E-state index is 13.8. The Labute approximate surface area is 386 Å². The molecule has 1 fully saturated rings. The summed E-state index contributed by atoms with van der Waals surface area (Å²) in [7, 11) is 2.82. The number of nitrogens with zero attached hydrogens (tertiary/aromatic N) is 1. The molecule has 2 rings (SSSR count). The number of ether oxygens (including phenoxy) is 1. The van der Waals surface area contributed by atoms with Gasteiger partial charge in [0.15, 0.2) is 5.78 Å². The van der Waals surface area contributed by atoms with E-state index in [1.807, 2.05) is 50.3 Å². The Hall–Kier alpha value is -6.21. The Morgan fingerprint density at radius 1 is 0.864 bits per heavy atom. The van der Waals surface area contributed by atoms with Crippen molar-refractivity contribution in [3.8, 4) is 0 Å². The second-order valence-electron chi connectivity index (χ2n) is 17.3. The van der Waals surface area contributed by atoms with E-state index in [-0.39, 0.29) is 24.4 Å². The molecule has 1 saturated heterocycles. The van der Waals surface area contributed by atoms with Gasteiger partial charge in [0.05, 0.1) is 30.0 Å². The minimum Gasteiger partial charge on any atom is -0.481 e. The van der Waals surface area contributed by atoms with Crippen molar-refractivity contribution in [1.29, 1.82) is 0 Å². The number of methoxy groups -OCH3 is 1. The number of benzene rings is 1. The number of amides is 6. The molecule has 0 bridgehead atoms. The minimum absolute atomic E-state index is 0.0584. The van der Waals surface area contributed by atoms with Crippen LogP contribution < -0.4 is 32.3 Å². The van der Waals surface area contributed by atoms with Crippen LogP contribution in [-0.4, -0.2) is 125 Å². The van der Waals surface area contributed by atoms with Gasteiger partial charge in [-0.25, -0.2) is 4.79 Å². The first kappa shape index (κ1) is 55.9. The van der Waals surface area contributed by atoms with Crippen LogP contribution >= 0.6 is 0 Å². The quantitative estimate of drug-likeness (QED) is 0.109. The van der Waals surface area contributed by atoms with Gasteiger partial charge in [-0.1, -0.05) is 95.3 Å². The third-order valence-corrected chi connectivity index (χ3v) is 11.6. The van der Waals surface area contributed by atoms with Crippen molar-refractivity contribution < 1.29 is 58.1 Å². The lowest BCUT2D eigenvalue weighted by molar-refractivity contribution is -0.149. The van der Waals surface area contributed by atoms with Gasteiger partial charge < -0.3 is 52.2 Å². The molecule has 10 atom stereocenters. The third-order valence-electron chi connectivity index (χ3n) is 11.6. The van der Waals surface area contributed by atoms with E-state index in [1.54, 1.807) is 33.1 Å². The number of hydrogen-bond donors (Lipinski definition) is 8. The number of nitrogens with two attached hydrogens (primary N) is 1. The highest BCUT2D eigenvalue weighted by Gasteiger charge is 2.37. The van der Waals surface area contributed by atoms with Crippen molar-refractivity contribution in [2.24, 2.45) is 35.3 Å². The summed E-state index contributed by atoms with van der Waals surface area (Å²) < 4.78 is 5.79. The molecule has 1 heterocycles. The zero-order valence-corrected chi connectivity index (χ0v) is 39.4. The van der Waals surface area contributed by atoms with Gasteiger partial charge in [0.2, 0.25) is 29.5 Å². The molecule has 0 saturated carbocycles. The van der Waals surface area contributed by atoms with Gasteiger partial charge in [-0.3, -0.25) is 38.4 Å². The molecule has 19 nitrogen and oxygen atoms in total. The van der Waals surface area contributed by atoms with E-state index in [1.165, 1.54) is 27.8 Å². The molecule has 0 radical (unpaired) electrons. The Kier molecular flexibility index (Phi) is 22.6. The number of rotatable bonds is 12. The molecular weight excluding hydrogens is 855 g/mol. The first-order chi connectivity index (χ1) is 30.9. The van der Waals surface area contributed by atoms with Gasteiger partial charge in [0.25, 0.3) is 5.91 Å². The molecule has 66 heavy (non-hydrogen) atoms. The van der Waals surface area contributed by atoms with Gasteiger partial charge >= 0.3 is 11.9 Å². The average molecular weight is 924 g/mol. The molecule has 0 spiro atoms. The average Bonchev–Trinajstić information content (AvgIpc) is 3.26. The topological polar surface area (TPSA) is 293 Å². The summed E-state index contributed by atoms with van der Waals surface area (Å²) in [6.07, 6.45) is 4.10. The number of carboxylic acid groups (broad SMARTS) is 2. The standard InChI is InChI=1S/C47H69N7O12/c1-25(2)20-36-38(55)23-33(46(62)63)28(5)41(57)49-30(7)43(59)50-34(17-16-26(3)21-27(4)39(66-10)22-32-14-12-11-13-15-32)29(6)42(58)51-35(47(64)65)18-19-40(56)54(9)31(8)44(60)53-37(24-48)45(61)52-36/h11-17,21,25,27-30,33-37,39H,8,18-20,22-24,48H2,1-7,9-10H3,(H,49,57)(H,50,59)(H,51,58)(H,52,61)(H,53,60)(H,62,63)(H,64,65)/b17-16+,26-21+/t27-,28-,29-,30-,33+,34-,35+,36-,37+,39-/m0/s1. The predicted octanol–water partition coefficient (Wildman–Crippen LogP) is 1.61. The van der Waals surface area contributed by atoms with Gasteiger partial charge in [0.1, 0.15) is 23.8 Å². The Morgan fingerprint density at radius 3 is 2.05 bits per heavy atom. The first-order valence-electron chi connectivity index (χ1n) is 22.0. The largest absolute Gasteiger partial charge is 0.481 e. The van der Waals surface area contributed by atoms with Crippen LogP contribution in [0.3, 0.4) is 0 Å². The van der Waals surface area contributed by atoms with E-state index in [0.29, 0.717) is 6.42 Å². The van der Waals surface area contributed by atoms with Crippen molar-refractivity contribution in [1.82, 2.24) is 31.5 Å². The minimum atomic E-state index is -1.60. The van der Waals surface area contributed by atoms with Crippen LogP contribution in [0.1, 0.15) is 79.7 Å². The summed E-state index contributed by atoms with van der Waals surface area (Å²) in [5.41, 5.74) is 7.20. The number of ketones is 1. The lowest BCUT2D eigenvalue weighted by Gasteiger charge is -2.27. The van der Waals surface area contributed by atoms with Crippen LogP contribution in [0.25, 0.3) is 0 Å². The fraction of sp³-hybridized carbons (Fsp3) is 0.553. The molecule has 0 aromatic heterocycles. The molecule has 1 aromatic rings. The number of carbonyl (C=O) groups excluding carboxylic acids is 7. The SMILES string of the molecule is C=C1C(=O)N[C@H](CN)C(=O)N[C@@H](CC(C)C)C(=O)C[C@@H](C(=O)O)[C@H](C)C(=O)N[C@@H](C)C(=O)N[C@@H](/C=C/C(C)=C/[C@H](C)[C@H](Cc2ccccc2)OC)[C@H](C)C(=O)N[C@@H](C(=O)O)CCC(=O)N1C. The van der Waals surface area contributed by atoms with E-state index in [4.69, 9.17) is 10.5 Å². The number of aliphatic carboxylic acids is 2. The summed E-state index contributed by atoms with van der Waals surface area (Å²) in [5, 5.41) is 32.8. The van der Waals surface area contributed by atoms with E-state index in [9.17, 15) is 53.4 Å². The van der Waals surface area contributed by atoms with E-state index in [0.717, 1.165) is 16.0 Å². The van der Waals surface area contributed by atoms with Gasteiger partial charge in [-0.15, -0.1) is 0 Å². The van der Waals surface area contributed by atoms with Crippen LogP contribution in [0.5, 0.6) is 0 Å². The molecule has 0 unspecified atom stereocenters. The molecule has 6 amide bonds. The van der Waals surface area contributed by atoms with Gasteiger partial charge in [-0.05, 0) is 44.6 Å². The van der Waals surface area contributed by atoms with Gasteiger partial charge in [-0.2, -0.15) is 0 Å². The highest BCUT2D eigenvalue weighted by molar-refractivity contribution is 6.00. The maximum Gasteiger partial charge on any atom is 0.326 e. The highest BCUT2D eigenvalue weighted by Crippen LogP contribution is 2.22. The number of Topliss-reactive ketones (excluding diaryl/α,β-unsaturated/α-hetero) is 1. The zero-order valence-electron chi connectivity index (χ0n) is 39.4. The number of nitrogens with one attached hydrogen (secondary N) is 5. The second kappa shape index (κ2) is 26.7. The van der Waals surface area contributed by atoms with E-state index < -0.39 is 133 Å². The van der Waals surface area contributed by atoms with Crippen molar-refractivity contribution in [2.75, 3.05) is 20.7 Å². The van der Waals surface area contributed by atoms with Crippen molar-refractivity contribution in [3.63, 3.8) is 0 Å². The fourth-order valence-corrected chi connectivity index (χ4v) is 7.17. The summed E-state index contributed by atoms with van der Waals surface area (Å²) in [4.78, 5) is 120. The molecule has 1 aromatic carbocycles. The van der Waals surface area contributed by atoms with Crippen molar-refractivity contribution >= 4 is 53.2 Å². The monoisotopic (exact) mass is 924 g/mol. The van der Waals surface area contributed by atoms with Gasteiger partial charge in [0, 0.05) is 45.4 Å². The molecule has 19 heteroatoms. The molecule has 0 aliphatic carbocycles. The molecule has 1 aliphatic heterocycles. The maximum absolute atomic E-state index is 13.8. The molecular formula is C47H69N7O12. The molecule has 364 valence electrons. The van der Waals surface area contributed by atoms with Crippen LogP contribution in [0.2, 0.25) is 0 Å². The predicted molar refractivity (Wildman–Crippen MR) is 245 cm³/mol. The normalized spacial score (nSPS) is 26.6. The van der Waals surface area contributed by atoms with Crippen LogP contribution in [-0.2, 0) is 54.3 Å². The number of likely N-dealkylation sites (N-methyl/N-ethyl adjacent to an activating group) is 1. The van der Waals surface area contributed by atoms with Crippen molar-refractivity contribution in [3.05, 3.63) is 72.0 Å². The van der Waals surface area contributed by atoms with E-state index in [2.05, 4.69) is 33.2 Å². The van der Waals surface area contributed by atoms with Crippen LogP contribution in [0, 0.1) is 29.6 Å². The lowest BCUT2D eigenvalue weighted by atomic mass is 9.85. The third kappa shape index (κ3) is 17.3. The number of carbonyl (C=O) groups is 9. The summed E-state index contributed by atoms with van der Waals surface area (Å²) in [5.74, 6) is -13.2. The smallest absolute Gasteiger partial charge is 0.326 e. The Morgan fingerprint density at radius 2 is 1.48 bits per heavy atom. The fourth-order valence-electron chi connectivity index (χ4n) is 7.17. The van der Waals surface area contributed by atoms with E-state index >= 15 is 0 Å². The molecule has 9 N–H and O–H groups in total. The Balaban J connectivity index is 2.59. The lowest BCUT2D eigenvalue weighted by Crippen LogP contribution is -2.55. The van der Waals surface area contributed by atoms with Crippen molar-refractivity contribution in [2.45, 2.75) is 117 Å². The highest BCUT2D eigenvalue weighted by atomic mass is 16.5. The summed E-state index contributed by atoms with van der Waals surface area (Å²) in [6.45, 7) is 14.6. The summed E-state index contributed by atoms with van der Waals surface area (Å²) >= 11 is 0. The number of hydrogen-bond acceptors (Lipinski definition) is 11. The Bertz CT molecular complexity index is 1990. The zero-order chi connectivity index (χ0) is 50.0. The number of carboxylic acids is 2. The second-order valence-corrected chi connectivity index (χ2v) is 17.3. The summed E-state index contributed by atoms with van der Waals surface area (Å²) in [6, 6.07) is 3.10. The first-order valence-corrected chi connectivity index (χ1v) is 22.0. The number of allylic oxidation sites excluding steroid dienone is 2. The van der Waals surface area contributed by atoms with Crippen LogP contribution in [0.15, 0.2) is 66.4 Å². The van der Waals surface area contributed by atoms with Crippen LogP contribution in [0.4, 0.5) is 0 Å². The molecule has 1 aliphatic rings.